The molecule has 2 aromatic carbocycles. The lowest BCUT2D eigenvalue weighted by Gasteiger charge is -2.12. The zero-order valence-electron chi connectivity index (χ0n) is 17.3. The van der Waals surface area contributed by atoms with E-state index in [1.165, 1.54) is 5.56 Å². The molecule has 8 heteroatoms. The number of para-hydroxylation sites is 2. The van der Waals surface area contributed by atoms with Crippen LogP contribution < -0.4 is 15.4 Å². The van der Waals surface area contributed by atoms with Crippen molar-refractivity contribution < 1.29 is 9.53 Å². The number of methoxy groups -OCH3 is 1. The number of carbonyl (C=O) groups is 1. The molecule has 5 rings (SSSR count). The Morgan fingerprint density at radius 1 is 1.00 bits per heavy atom. The predicted octanol–water partition coefficient (Wildman–Crippen LogP) is 5.64. The van der Waals surface area contributed by atoms with E-state index in [2.05, 4.69) is 25.2 Å². The van der Waals surface area contributed by atoms with Crippen LogP contribution in [0, 0.1) is 0 Å². The van der Waals surface area contributed by atoms with Crippen LogP contribution in [0.25, 0.3) is 21.9 Å². The number of H-pyrrole nitrogens is 1. The van der Waals surface area contributed by atoms with Crippen LogP contribution in [0.5, 0.6) is 5.75 Å². The van der Waals surface area contributed by atoms with Crippen LogP contribution in [0.15, 0.2) is 79.3 Å². The quantitative estimate of drug-likeness (QED) is 0.326. The van der Waals surface area contributed by atoms with Gasteiger partial charge in [-0.15, -0.1) is 12.4 Å². The first-order chi connectivity index (χ1) is 15.2. The fourth-order valence-electron chi connectivity index (χ4n) is 3.83. The highest BCUT2D eigenvalue weighted by Gasteiger charge is 2.12. The molecule has 0 spiro atoms. The second kappa shape index (κ2) is 9.03. The van der Waals surface area contributed by atoms with Crippen LogP contribution >= 0.6 is 12.4 Å². The molecule has 0 aliphatic heterocycles. The molecule has 3 heterocycles. The number of benzene rings is 2. The number of nitrogens with zero attached hydrogens (tertiary/aromatic N) is 2. The maximum absolute atomic E-state index is 12.6. The van der Waals surface area contributed by atoms with E-state index in [0.29, 0.717) is 18.0 Å². The normalized spacial score (nSPS) is 10.7. The Balaban J connectivity index is 0.00000245. The van der Waals surface area contributed by atoms with Gasteiger partial charge in [-0.3, -0.25) is 0 Å². The molecule has 0 aliphatic rings. The summed E-state index contributed by atoms with van der Waals surface area (Å²) in [5.41, 5.74) is 4.45. The number of aromatic amines is 1. The van der Waals surface area contributed by atoms with Gasteiger partial charge in [-0.25, -0.2) is 9.78 Å². The Bertz CT molecular complexity index is 1390. The van der Waals surface area contributed by atoms with Gasteiger partial charge in [-0.2, -0.15) is 0 Å². The Morgan fingerprint density at radius 2 is 1.81 bits per heavy atom. The summed E-state index contributed by atoms with van der Waals surface area (Å²) in [6, 6.07) is 19.0. The van der Waals surface area contributed by atoms with Gasteiger partial charge in [0.1, 0.15) is 11.4 Å². The summed E-state index contributed by atoms with van der Waals surface area (Å²) in [5, 5.41) is 7.88. The summed E-state index contributed by atoms with van der Waals surface area (Å²) in [7, 11) is 1.58. The molecular formula is C24H22ClN5O2. The zero-order chi connectivity index (χ0) is 21.2. The highest BCUT2D eigenvalue weighted by molar-refractivity contribution is 6.06. The van der Waals surface area contributed by atoms with Gasteiger partial charge in [0.25, 0.3) is 0 Å². The molecule has 0 bridgehead atoms. The summed E-state index contributed by atoms with van der Waals surface area (Å²) in [4.78, 5) is 20.1. The van der Waals surface area contributed by atoms with Gasteiger partial charge in [0.05, 0.1) is 24.0 Å². The Labute approximate surface area is 190 Å². The summed E-state index contributed by atoms with van der Waals surface area (Å²) in [5.74, 6) is 0.607. The summed E-state index contributed by atoms with van der Waals surface area (Å²) >= 11 is 0. The van der Waals surface area contributed by atoms with E-state index >= 15 is 0 Å². The van der Waals surface area contributed by atoms with Crippen molar-refractivity contribution in [3.05, 3.63) is 84.8 Å². The number of hydrogen-bond acceptors (Lipinski definition) is 3. The van der Waals surface area contributed by atoms with Crippen LogP contribution in [-0.4, -0.2) is 27.7 Å². The number of pyridine rings is 1. The molecule has 0 unspecified atom stereocenters. The van der Waals surface area contributed by atoms with Crippen molar-refractivity contribution in [3.63, 3.8) is 0 Å². The van der Waals surface area contributed by atoms with Crippen molar-refractivity contribution in [2.75, 3.05) is 17.7 Å². The molecule has 0 saturated heterocycles. The number of carbonyl (C=O) groups excluding carboxylic acids is 1. The standard InChI is InChI=1S/C24H21N5O2.ClH/c1-31-22-8-3-2-5-20(22)28-24(30)27-19-6-4-7-21-18(19)11-14-29(21)15-16-9-12-25-23-17(16)10-13-26-23;/h2-14H,15H2,1H3,(H,25,26)(H2,27,28,30);1H. The van der Waals surface area contributed by atoms with E-state index in [0.717, 1.165) is 27.6 Å². The van der Waals surface area contributed by atoms with Crippen molar-refractivity contribution in [1.29, 1.82) is 0 Å². The molecule has 7 nitrogen and oxygen atoms in total. The number of halogens is 1. The Morgan fingerprint density at radius 3 is 2.69 bits per heavy atom. The Hall–Kier alpha value is -3.97. The van der Waals surface area contributed by atoms with Gasteiger partial charge in [-0.05, 0) is 48.0 Å². The lowest BCUT2D eigenvalue weighted by atomic mass is 10.2. The average Bonchev–Trinajstić information content (AvgIpc) is 3.43. The number of rotatable bonds is 5. The maximum Gasteiger partial charge on any atom is 0.323 e. The monoisotopic (exact) mass is 447 g/mol. The number of ether oxygens (including phenoxy) is 1. The Kier molecular flexibility index (Phi) is 6.00. The molecule has 162 valence electrons. The molecule has 3 N–H and O–H groups in total. The van der Waals surface area contributed by atoms with Gasteiger partial charge >= 0.3 is 6.03 Å². The van der Waals surface area contributed by atoms with Crippen LogP contribution in [0.2, 0.25) is 0 Å². The molecule has 3 aromatic heterocycles. The number of hydrogen-bond donors (Lipinski definition) is 3. The van der Waals surface area contributed by atoms with Crippen molar-refractivity contribution in [2.45, 2.75) is 6.54 Å². The zero-order valence-corrected chi connectivity index (χ0v) is 18.1. The van der Waals surface area contributed by atoms with E-state index in [-0.39, 0.29) is 18.4 Å². The molecule has 2 amide bonds. The summed E-state index contributed by atoms with van der Waals surface area (Å²) in [6.45, 7) is 0.706. The maximum atomic E-state index is 12.6. The summed E-state index contributed by atoms with van der Waals surface area (Å²) in [6.07, 6.45) is 5.75. The van der Waals surface area contributed by atoms with Gasteiger partial charge < -0.3 is 24.9 Å². The van der Waals surface area contributed by atoms with Gasteiger partial charge in [0, 0.05) is 35.9 Å². The number of aromatic nitrogens is 3. The topological polar surface area (TPSA) is 84.0 Å². The molecule has 0 fully saturated rings. The molecule has 32 heavy (non-hydrogen) atoms. The second-order valence-electron chi connectivity index (χ2n) is 7.17. The van der Waals surface area contributed by atoms with E-state index in [4.69, 9.17) is 4.74 Å². The highest BCUT2D eigenvalue weighted by atomic mass is 35.5. The van der Waals surface area contributed by atoms with Crippen molar-refractivity contribution in [2.24, 2.45) is 0 Å². The van der Waals surface area contributed by atoms with Gasteiger partial charge in [-0.1, -0.05) is 18.2 Å². The average molecular weight is 448 g/mol. The third kappa shape index (κ3) is 3.98. The SMILES string of the molecule is COc1ccccc1NC(=O)Nc1cccc2c1ccn2Cc1ccnc2[nH]ccc12.Cl. The molecule has 0 radical (unpaired) electrons. The van der Waals surface area contributed by atoms with E-state index in [1.54, 1.807) is 19.2 Å². The van der Waals surface area contributed by atoms with Crippen molar-refractivity contribution >= 4 is 51.7 Å². The lowest BCUT2D eigenvalue weighted by molar-refractivity contribution is 0.262. The lowest BCUT2D eigenvalue weighted by Crippen LogP contribution is -2.19. The molecule has 0 saturated carbocycles. The largest absolute Gasteiger partial charge is 0.495 e. The van der Waals surface area contributed by atoms with Gasteiger partial charge in [0.2, 0.25) is 0 Å². The minimum atomic E-state index is -0.326. The third-order valence-corrected chi connectivity index (χ3v) is 5.31. The van der Waals surface area contributed by atoms with E-state index < -0.39 is 0 Å². The van der Waals surface area contributed by atoms with Crippen molar-refractivity contribution in [1.82, 2.24) is 14.5 Å². The molecule has 0 aliphatic carbocycles. The van der Waals surface area contributed by atoms with Crippen LogP contribution in [0.4, 0.5) is 16.2 Å². The fourth-order valence-corrected chi connectivity index (χ4v) is 3.83. The van der Waals surface area contributed by atoms with Crippen LogP contribution in [0.3, 0.4) is 0 Å². The fraction of sp³-hybridized carbons (Fsp3) is 0.0833. The third-order valence-electron chi connectivity index (χ3n) is 5.31. The summed E-state index contributed by atoms with van der Waals surface area (Å²) < 4.78 is 7.47. The first kappa shape index (κ1) is 21.3. The number of fused-ring (bicyclic) bond motifs is 2. The van der Waals surface area contributed by atoms with E-state index in [1.807, 2.05) is 67.1 Å². The predicted molar refractivity (Wildman–Crippen MR) is 130 cm³/mol. The number of urea groups is 1. The minimum Gasteiger partial charge on any atom is -0.495 e. The number of amides is 2. The first-order valence-corrected chi connectivity index (χ1v) is 9.93. The van der Waals surface area contributed by atoms with E-state index in [9.17, 15) is 4.79 Å². The smallest absolute Gasteiger partial charge is 0.323 e. The molecule has 5 aromatic rings. The highest BCUT2D eigenvalue weighted by Crippen LogP contribution is 2.27. The minimum absolute atomic E-state index is 0. The van der Waals surface area contributed by atoms with Crippen molar-refractivity contribution in [3.8, 4) is 5.75 Å². The molecule has 0 atom stereocenters. The van der Waals surface area contributed by atoms with Crippen LogP contribution in [0.1, 0.15) is 5.56 Å². The van der Waals surface area contributed by atoms with Crippen LogP contribution in [-0.2, 0) is 6.54 Å². The number of anilines is 2. The first-order valence-electron chi connectivity index (χ1n) is 9.93. The molecular weight excluding hydrogens is 426 g/mol. The van der Waals surface area contributed by atoms with Gasteiger partial charge in [0.15, 0.2) is 0 Å². The second-order valence-corrected chi connectivity index (χ2v) is 7.17. The number of nitrogens with one attached hydrogen (secondary N) is 3.